The number of nitrogens with one attached hydrogen (secondary N) is 2. The van der Waals surface area contributed by atoms with E-state index in [1.807, 2.05) is 11.8 Å². The molecule has 2 aromatic heterocycles. The van der Waals surface area contributed by atoms with Gasteiger partial charge in [0.05, 0.1) is 17.7 Å². The fraction of sp³-hybridized carbons (Fsp3) is 0.440. The van der Waals surface area contributed by atoms with Gasteiger partial charge in [-0.1, -0.05) is 6.92 Å². The van der Waals surface area contributed by atoms with Gasteiger partial charge in [0, 0.05) is 43.4 Å². The lowest BCUT2D eigenvalue weighted by Gasteiger charge is -2.32. The van der Waals surface area contributed by atoms with E-state index in [9.17, 15) is 19.1 Å². The Balaban J connectivity index is 1.39. The van der Waals surface area contributed by atoms with Crippen LogP contribution in [0.4, 0.5) is 4.39 Å². The number of aromatic amines is 1. The normalized spacial score (nSPS) is 16.5. The number of amides is 2. The summed E-state index contributed by atoms with van der Waals surface area (Å²) in [5.41, 5.74) is 1.99. The van der Waals surface area contributed by atoms with Crippen LogP contribution in [-0.2, 0) is 4.79 Å². The van der Waals surface area contributed by atoms with Crippen molar-refractivity contribution in [3.05, 3.63) is 36.0 Å². The fourth-order valence-electron chi connectivity index (χ4n) is 4.42. The van der Waals surface area contributed by atoms with E-state index in [2.05, 4.69) is 20.3 Å². The summed E-state index contributed by atoms with van der Waals surface area (Å²) in [6, 6.07) is 2.40. The van der Waals surface area contributed by atoms with Gasteiger partial charge in [-0.2, -0.15) is 0 Å². The molecule has 2 amide bonds. The van der Waals surface area contributed by atoms with Gasteiger partial charge in [-0.15, -0.1) is 0 Å². The van der Waals surface area contributed by atoms with Crippen molar-refractivity contribution in [1.82, 2.24) is 25.2 Å². The molecule has 0 radical (unpaired) electrons. The molecule has 1 aliphatic heterocycles. The van der Waals surface area contributed by atoms with Gasteiger partial charge in [0.25, 0.3) is 5.91 Å². The number of hydrogen-bond donors (Lipinski definition) is 3. The zero-order valence-corrected chi connectivity index (χ0v) is 19.5. The molecule has 2 aliphatic rings. The van der Waals surface area contributed by atoms with Crippen molar-refractivity contribution in [1.29, 1.82) is 0 Å². The summed E-state index contributed by atoms with van der Waals surface area (Å²) in [6.07, 6.45) is 6.92. The van der Waals surface area contributed by atoms with Crippen LogP contribution in [0.15, 0.2) is 24.7 Å². The lowest BCUT2D eigenvalue weighted by molar-refractivity contribution is -0.131. The third-order valence-electron chi connectivity index (χ3n) is 6.67. The molecule has 5 rings (SSSR count). The summed E-state index contributed by atoms with van der Waals surface area (Å²) in [5, 5.41) is 12.9. The number of rotatable bonds is 7. The van der Waals surface area contributed by atoms with Crippen molar-refractivity contribution >= 4 is 22.8 Å². The number of aromatic nitrogens is 3. The number of carbonyl (C=O) groups excluding carboxylic acids is 2. The first-order valence-electron chi connectivity index (χ1n) is 12.0. The van der Waals surface area contributed by atoms with Gasteiger partial charge in [0.2, 0.25) is 5.91 Å². The van der Waals surface area contributed by atoms with E-state index in [-0.39, 0.29) is 17.9 Å². The van der Waals surface area contributed by atoms with E-state index >= 15 is 0 Å². The van der Waals surface area contributed by atoms with Gasteiger partial charge in [-0.25, -0.2) is 14.4 Å². The van der Waals surface area contributed by atoms with Crippen molar-refractivity contribution in [2.45, 2.75) is 45.1 Å². The molecule has 1 saturated heterocycles. The Morgan fingerprint density at radius 1 is 1.23 bits per heavy atom. The Labute approximate surface area is 201 Å². The number of carbonyl (C=O) groups is 2. The Hall–Kier alpha value is -3.69. The van der Waals surface area contributed by atoms with Crippen LogP contribution >= 0.6 is 0 Å². The SMILES string of the molecule is CCC(=O)N1CCC(NC(=O)c2c[nH]c3c(-c4cc(F)c(O)cc4OCC4CC4)ncnc23)CC1. The number of piperidine rings is 1. The third kappa shape index (κ3) is 4.78. The molecule has 3 aromatic rings. The van der Waals surface area contributed by atoms with Crippen LogP contribution in [0.5, 0.6) is 11.5 Å². The van der Waals surface area contributed by atoms with E-state index in [1.54, 1.807) is 6.20 Å². The average molecular weight is 482 g/mol. The smallest absolute Gasteiger partial charge is 0.255 e. The number of ether oxygens (including phenoxy) is 1. The number of halogens is 1. The maximum Gasteiger partial charge on any atom is 0.255 e. The zero-order chi connectivity index (χ0) is 24.5. The van der Waals surface area contributed by atoms with Gasteiger partial charge in [-0.3, -0.25) is 9.59 Å². The molecule has 0 atom stereocenters. The number of phenols is 1. The number of likely N-dealkylation sites (tertiary alicyclic amines) is 1. The molecule has 184 valence electrons. The number of H-pyrrole nitrogens is 1. The van der Waals surface area contributed by atoms with Gasteiger partial charge in [0.1, 0.15) is 23.3 Å². The molecule has 0 bridgehead atoms. The molecule has 1 aromatic carbocycles. The monoisotopic (exact) mass is 481 g/mol. The maximum atomic E-state index is 14.3. The first-order valence-corrected chi connectivity index (χ1v) is 12.0. The standard InChI is InChI=1S/C25H28FN5O4/c1-2-21(33)31-7-5-15(6-8-31)30-25(34)17-11-27-24-22(28-13-29-23(17)24)16-9-18(26)19(32)10-20(16)35-12-14-3-4-14/h9-11,13-15,27,32H,2-8,12H2,1H3,(H,30,34). The second-order valence-corrected chi connectivity index (χ2v) is 9.18. The van der Waals surface area contributed by atoms with Crippen molar-refractivity contribution in [2.24, 2.45) is 5.92 Å². The summed E-state index contributed by atoms with van der Waals surface area (Å²) in [6.45, 7) is 3.56. The van der Waals surface area contributed by atoms with Gasteiger partial charge in [-0.05, 0) is 37.7 Å². The second kappa shape index (κ2) is 9.52. The highest BCUT2D eigenvalue weighted by atomic mass is 19.1. The summed E-state index contributed by atoms with van der Waals surface area (Å²) >= 11 is 0. The average Bonchev–Trinajstić information content (AvgIpc) is 3.60. The Morgan fingerprint density at radius 3 is 2.71 bits per heavy atom. The number of aromatic hydroxyl groups is 1. The maximum absolute atomic E-state index is 14.3. The van der Waals surface area contributed by atoms with Gasteiger partial charge >= 0.3 is 0 Å². The summed E-state index contributed by atoms with van der Waals surface area (Å²) in [7, 11) is 0. The minimum atomic E-state index is -0.789. The summed E-state index contributed by atoms with van der Waals surface area (Å²) < 4.78 is 20.2. The number of hydrogen-bond acceptors (Lipinski definition) is 6. The number of fused-ring (bicyclic) bond motifs is 1. The van der Waals surface area contributed by atoms with E-state index in [1.165, 1.54) is 18.5 Å². The van der Waals surface area contributed by atoms with E-state index in [4.69, 9.17) is 4.74 Å². The largest absolute Gasteiger partial charge is 0.505 e. The number of nitrogens with zero attached hydrogens (tertiary/aromatic N) is 3. The topological polar surface area (TPSA) is 120 Å². The second-order valence-electron chi connectivity index (χ2n) is 9.18. The van der Waals surface area contributed by atoms with Crippen molar-refractivity contribution in [3.8, 4) is 22.8 Å². The van der Waals surface area contributed by atoms with Crippen molar-refractivity contribution < 1.29 is 23.8 Å². The lowest BCUT2D eigenvalue weighted by atomic mass is 10.0. The predicted octanol–water partition coefficient (Wildman–Crippen LogP) is 3.39. The molecule has 10 heteroatoms. The molecule has 1 aliphatic carbocycles. The third-order valence-corrected chi connectivity index (χ3v) is 6.67. The summed E-state index contributed by atoms with van der Waals surface area (Å²) in [5.74, 6) is -0.644. The van der Waals surface area contributed by atoms with E-state index < -0.39 is 11.6 Å². The molecular weight excluding hydrogens is 453 g/mol. The predicted molar refractivity (Wildman–Crippen MR) is 127 cm³/mol. The number of benzene rings is 1. The van der Waals surface area contributed by atoms with Gasteiger partial charge < -0.3 is 25.0 Å². The number of phenolic OH excluding ortho intramolecular Hbond substituents is 1. The minimum absolute atomic E-state index is 0.0386. The van der Waals surface area contributed by atoms with Crippen molar-refractivity contribution in [3.63, 3.8) is 0 Å². The molecule has 1 saturated carbocycles. The highest BCUT2D eigenvalue weighted by Gasteiger charge is 2.26. The van der Waals surface area contributed by atoms with Crippen LogP contribution in [0.1, 0.15) is 49.4 Å². The first kappa shape index (κ1) is 23.1. The van der Waals surface area contributed by atoms with Crippen molar-refractivity contribution in [2.75, 3.05) is 19.7 Å². The van der Waals surface area contributed by atoms with Crippen LogP contribution in [0.2, 0.25) is 0 Å². The highest BCUT2D eigenvalue weighted by molar-refractivity contribution is 6.08. The molecule has 9 nitrogen and oxygen atoms in total. The highest BCUT2D eigenvalue weighted by Crippen LogP contribution is 2.38. The molecule has 3 heterocycles. The Bertz CT molecular complexity index is 1260. The Kier molecular flexibility index (Phi) is 6.27. The van der Waals surface area contributed by atoms with Crippen LogP contribution in [0.25, 0.3) is 22.3 Å². The van der Waals surface area contributed by atoms with E-state index in [0.717, 1.165) is 12.8 Å². The van der Waals surface area contributed by atoms with Crippen LogP contribution in [0, 0.1) is 11.7 Å². The van der Waals surface area contributed by atoms with E-state index in [0.29, 0.717) is 78.5 Å². The molecule has 0 spiro atoms. The summed E-state index contributed by atoms with van der Waals surface area (Å²) in [4.78, 5) is 38.5. The van der Waals surface area contributed by atoms with Gasteiger partial charge in [0.15, 0.2) is 11.6 Å². The fourth-order valence-corrected chi connectivity index (χ4v) is 4.42. The molecular formula is C25H28FN5O4. The molecule has 0 unspecified atom stereocenters. The lowest BCUT2D eigenvalue weighted by Crippen LogP contribution is -2.46. The first-order chi connectivity index (χ1) is 16.9. The van der Waals surface area contributed by atoms with Crippen LogP contribution < -0.4 is 10.1 Å². The molecule has 2 fully saturated rings. The zero-order valence-electron chi connectivity index (χ0n) is 19.5. The minimum Gasteiger partial charge on any atom is -0.505 e. The van der Waals surface area contributed by atoms with Crippen LogP contribution in [-0.4, -0.2) is 62.5 Å². The van der Waals surface area contributed by atoms with Crippen LogP contribution in [0.3, 0.4) is 0 Å². The Morgan fingerprint density at radius 2 is 2.00 bits per heavy atom. The molecule has 3 N–H and O–H groups in total. The quantitative estimate of drug-likeness (QED) is 0.476. The molecule has 35 heavy (non-hydrogen) atoms.